The van der Waals surface area contributed by atoms with E-state index in [0.717, 1.165) is 25.0 Å². The van der Waals surface area contributed by atoms with Crippen molar-refractivity contribution in [3.63, 3.8) is 0 Å². The van der Waals surface area contributed by atoms with Crippen LogP contribution in [0.15, 0.2) is 18.2 Å². The van der Waals surface area contributed by atoms with Crippen molar-refractivity contribution in [3.05, 3.63) is 35.1 Å². The van der Waals surface area contributed by atoms with Crippen molar-refractivity contribution in [2.75, 3.05) is 13.2 Å². The monoisotopic (exact) mass is 269 g/mol. The van der Waals surface area contributed by atoms with Gasteiger partial charge in [0.05, 0.1) is 19.3 Å². The molecule has 1 aromatic carbocycles. The fraction of sp³-hybridized carbons (Fsp3) is 0.462. The Labute approximate surface area is 111 Å². The van der Waals surface area contributed by atoms with Gasteiger partial charge in [-0.1, -0.05) is 12.2 Å². The normalized spacial score (nSPS) is 19.1. The highest BCUT2D eigenvalue weighted by Gasteiger charge is 2.15. The number of benzene rings is 1. The first kappa shape index (κ1) is 13.4. The third-order valence-corrected chi connectivity index (χ3v) is 3.07. The highest BCUT2D eigenvalue weighted by Crippen LogP contribution is 2.14. The Bertz CT molecular complexity index is 433. The third-order valence-electron chi connectivity index (χ3n) is 2.84. The summed E-state index contributed by atoms with van der Waals surface area (Å²) in [6.45, 7) is 1.69. The molecule has 1 fully saturated rings. The second kappa shape index (κ2) is 6.22. The fourth-order valence-electron chi connectivity index (χ4n) is 1.96. The Balaban J connectivity index is 1.89. The molecule has 0 aromatic heterocycles. The lowest BCUT2D eigenvalue weighted by Gasteiger charge is -2.10. The number of rotatable bonds is 5. The largest absolute Gasteiger partial charge is 0.389 e. The van der Waals surface area contributed by atoms with E-state index in [1.165, 1.54) is 12.1 Å². The first-order chi connectivity index (χ1) is 8.65. The molecule has 0 aliphatic carbocycles. The van der Waals surface area contributed by atoms with Gasteiger partial charge >= 0.3 is 0 Å². The zero-order chi connectivity index (χ0) is 13.0. The van der Waals surface area contributed by atoms with E-state index in [-0.39, 0.29) is 16.9 Å². The average Bonchev–Trinajstić information content (AvgIpc) is 2.81. The number of nitrogens with two attached hydrogens (primary N) is 1. The van der Waals surface area contributed by atoms with Crippen LogP contribution in [0, 0.1) is 5.82 Å². The summed E-state index contributed by atoms with van der Waals surface area (Å²) >= 11 is 4.83. The molecule has 1 atom stereocenters. The Morgan fingerprint density at radius 2 is 2.33 bits per heavy atom. The van der Waals surface area contributed by atoms with E-state index in [9.17, 15) is 4.39 Å². The lowest BCUT2D eigenvalue weighted by Crippen LogP contribution is -2.14. The standard InChI is InChI=1S/C13H16FNO2S/c14-11-5-9(4-10(6-11)13(15)18)7-16-8-12-2-1-3-17-12/h4-6,12H,1-3,7-8H2,(H2,15,18). The average molecular weight is 269 g/mol. The fourth-order valence-corrected chi connectivity index (χ4v) is 2.08. The van der Waals surface area contributed by atoms with Crippen LogP contribution in [0.5, 0.6) is 0 Å². The molecule has 3 nitrogen and oxygen atoms in total. The zero-order valence-corrected chi connectivity index (χ0v) is 10.8. The maximum Gasteiger partial charge on any atom is 0.124 e. The van der Waals surface area contributed by atoms with E-state index in [1.54, 1.807) is 6.07 Å². The van der Waals surface area contributed by atoms with Gasteiger partial charge in [0, 0.05) is 12.2 Å². The van der Waals surface area contributed by atoms with Crippen molar-refractivity contribution in [1.82, 2.24) is 0 Å². The van der Waals surface area contributed by atoms with Crippen molar-refractivity contribution in [2.45, 2.75) is 25.6 Å². The number of thiocarbonyl (C=S) groups is 1. The van der Waals surface area contributed by atoms with Crippen LogP contribution >= 0.6 is 12.2 Å². The summed E-state index contributed by atoms with van der Waals surface area (Å²) in [5.74, 6) is -0.351. The maximum atomic E-state index is 13.3. The van der Waals surface area contributed by atoms with Crippen LogP contribution in [0.4, 0.5) is 4.39 Å². The molecule has 1 aliphatic rings. The Morgan fingerprint density at radius 3 is 3.00 bits per heavy atom. The second-order valence-corrected chi connectivity index (χ2v) is 4.80. The number of halogens is 1. The highest BCUT2D eigenvalue weighted by molar-refractivity contribution is 7.80. The molecule has 1 unspecified atom stereocenters. The molecular weight excluding hydrogens is 253 g/mol. The molecule has 5 heteroatoms. The van der Waals surface area contributed by atoms with Gasteiger partial charge in [-0.15, -0.1) is 0 Å². The van der Waals surface area contributed by atoms with E-state index >= 15 is 0 Å². The molecule has 98 valence electrons. The number of hydrogen-bond acceptors (Lipinski definition) is 3. The van der Waals surface area contributed by atoms with Crippen LogP contribution < -0.4 is 5.73 Å². The minimum Gasteiger partial charge on any atom is -0.389 e. The van der Waals surface area contributed by atoms with Gasteiger partial charge in [0.15, 0.2) is 0 Å². The predicted octanol–water partition coefficient (Wildman–Crippen LogP) is 2.16. The number of hydrogen-bond donors (Lipinski definition) is 1. The van der Waals surface area contributed by atoms with Gasteiger partial charge < -0.3 is 15.2 Å². The van der Waals surface area contributed by atoms with Crippen LogP contribution in [-0.2, 0) is 16.1 Å². The maximum absolute atomic E-state index is 13.3. The summed E-state index contributed by atoms with van der Waals surface area (Å²) in [4.78, 5) is 0.190. The van der Waals surface area contributed by atoms with Crippen LogP contribution in [-0.4, -0.2) is 24.3 Å². The third kappa shape index (κ3) is 3.73. The van der Waals surface area contributed by atoms with E-state index in [0.29, 0.717) is 18.8 Å². The zero-order valence-electron chi connectivity index (χ0n) is 10.0. The highest BCUT2D eigenvalue weighted by atomic mass is 32.1. The first-order valence-electron chi connectivity index (χ1n) is 5.94. The lowest BCUT2D eigenvalue weighted by molar-refractivity contribution is 0.0105. The van der Waals surface area contributed by atoms with E-state index in [1.807, 2.05) is 0 Å². The molecule has 18 heavy (non-hydrogen) atoms. The van der Waals surface area contributed by atoms with Crippen LogP contribution in [0.1, 0.15) is 24.0 Å². The Hall–Kier alpha value is -1.04. The minimum absolute atomic E-state index is 0.175. The molecule has 0 saturated carbocycles. The van der Waals surface area contributed by atoms with Crippen LogP contribution in [0.3, 0.4) is 0 Å². The van der Waals surface area contributed by atoms with E-state index in [2.05, 4.69) is 0 Å². The van der Waals surface area contributed by atoms with E-state index in [4.69, 9.17) is 27.4 Å². The smallest absolute Gasteiger partial charge is 0.124 e. The SMILES string of the molecule is NC(=S)c1cc(F)cc(COCC2CCCO2)c1. The van der Waals surface area contributed by atoms with Crippen LogP contribution in [0.2, 0.25) is 0 Å². The van der Waals surface area contributed by atoms with Gasteiger partial charge in [0.1, 0.15) is 10.8 Å². The summed E-state index contributed by atoms with van der Waals surface area (Å²) in [6, 6.07) is 4.50. The van der Waals surface area contributed by atoms with Gasteiger partial charge in [0.2, 0.25) is 0 Å². The number of ether oxygens (including phenoxy) is 2. The van der Waals surface area contributed by atoms with Gasteiger partial charge in [-0.25, -0.2) is 4.39 Å². The van der Waals surface area contributed by atoms with Crippen LogP contribution in [0.25, 0.3) is 0 Å². The molecule has 1 heterocycles. The second-order valence-electron chi connectivity index (χ2n) is 4.36. The Morgan fingerprint density at radius 1 is 1.50 bits per heavy atom. The summed E-state index contributed by atoms with van der Waals surface area (Å²) in [5.41, 5.74) is 6.74. The molecular formula is C13H16FNO2S. The molecule has 1 saturated heterocycles. The van der Waals surface area contributed by atoms with Gasteiger partial charge in [0.25, 0.3) is 0 Å². The van der Waals surface area contributed by atoms with Gasteiger partial charge in [-0.2, -0.15) is 0 Å². The molecule has 0 bridgehead atoms. The molecule has 0 radical (unpaired) electrons. The van der Waals surface area contributed by atoms with Crippen molar-refractivity contribution < 1.29 is 13.9 Å². The Kier molecular flexibility index (Phi) is 4.63. The van der Waals surface area contributed by atoms with Gasteiger partial charge in [-0.3, -0.25) is 0 Å². The summed E-state index contributed by atoms with van der Waals surface area (Å²) in [7, 11) is 0. The topological polar surface area (TPSA) is 44.5 Å². The molecule has 1 aliphatic heterocycles. The summed E-state index contributed by atoms with van der Waals surface area (Å²) < 4.78 is 24.3. The quantitative estimate of drug-likeness (QED) is 0.832. The first-order valence-corrected chi connectivity index (χ1v) is 6.34. The van der Waals surface area contributed by atoms with Crippen molar-refractivity contribution in [1.29, 1.82) is 0 Å². The van der Waals surface area contributed by atoms with Crippen molar-refractivity contribution in [2.24, 2.45) is 5.73 Å². The summed E-state index contributed by atoms with van der Waals surface area (Å²) in [5, 5.41) is 0. The van der Waals surface area contributed by atoms with E-state index < -0.39 is 0 Å². The summed E-state index contributed by atoms with van der Waals surface area (Å²) in [6.07, 6.45) is 2.29. The molecule has 0 spiro atoms. The molecule has 1 aromatic rings. The predicted molar refractivity (Wildman–Crippen MR) is 70.9 cm³/mol. The van der Waals surface area contributed by atoms with Crippen molar-refractivity contribution >= 4 is 17.2 Å². The van der Waals surface area contributed by atoms with Gasteiger partial charge in [-0.05, 0) is 36.6 Å². The molecule has 2 N–H and O–H groups in total. The molecule has 0 amide bonds. The van der Waals surface area contributed by atoms with Crippen molar-refractivity contribution in [3.8, 4) is 0 Å². The lowest BCUT2D eigenvalue weighted by atomic mass is 10.1. The minimum atomic E-state index is -0.351. The molecule has 2 rings (SSSR count).